The molecule has 1 aliphatic carbocycles. The largest absolute Gasteiger partial charge is 0.339 e. The molecule has 0 bridgehead atoms. The third-order valence-corrected chi connectivity index (χ3v) is 5.81. The van der Waals surface area contributed by atoms with Crippen molar-refractivity contribution in [1.29, 1.82) is 0 Å². The smallest absolute Gasteiger partial charge is 0.255 e. The summed E-state index contributed by atoms with van der Waals surface area (Å²) >= 11 is 1.56. The molecule has 0 unspecified atom stereocenters. The van der Waals surface area contributed by atoms with Crippen molar-refractivity contribution in [2.45, 2.75) is 46.0 Å². The van der Waals surface area contributed by atoms with Gasteiger partial charge in [-0.25, -0.2) is 0 Å². The first-order chi connectivity index (χ1) is 12.5. The van der Waals surface area contributed by atoms with Crippen LogP contribution in [-0.4, -0.2) is 16.0 Å². The zero-order valence-electron chi connectivity index (χ0n) is 15.1. The van der Waals surface area contributed by atoms with Gasteiger partial charge >= 0.3 is 0 Å². The second-order valence-corrected chi connectivity index (χ2v) is 8.25. The normalized spacial score (nSPS) is 14.3. The van der Waals surface area contributed by atoms with Crippen molar-refractivity contribution in [2.75, 3.05) is 5.32 Å². The second kappa shape index (κ2) is 6.68. The summed E-state index contributed by atoms with van der Waals surface area (Å²) in [4.78, 5) is 19.1. The molecule has 5 nitrogen and oxygen atoms in total. The van der Waals surface area contributed by atoms with Gasteiger partial charge in [-0.3, -0.25) is 4.79 Å². The van der Waals surface area contributed by atoms with E-state index in [9.17, 15) is 4.79 Å². The Morgan fingerprint density at radius 1 is 1.15 bits per heavy atom. The lowest BCUT2D eigenvalue weighted by molar-refractivity contribution is 0.102. The molecule has 1 saturated carbocycles. The summed E-state index contributed by atoms with van der Waals surface area (Å²) in [5.74, 6) is 1.65. The average Bonchev–Trinajstić information content (AvgIpc) is 3.12. The van der Waals surface area contributed by atoms with Crippen molar-refractivity contribution in [3.05, 3.63) is 51.7 Å². The fourth-order valence-electron chi connectivity index (χ4n) is 3.17. The summed E-state index contributed by atoms with van der Waals surface area (Å²) in [5.41, 5.74) is 3.62. The number of anilines is 1. The maximum atomic E-state index is 12.6. The summed E-state index contributed by atoms with van der Waals surface area (Å²) in [5, 5.41) is 7.12. The molecule has 1 fully saturated rings. The Morgan fingerprint density at radius 3 is 2.54 bits per heavy atom. The zero-order valence-corrected chi connectivity index (χ0v) is 15.9. The highest BCUT2D eigenvalue weighted by atomic mass is 32.1. The standard InChI is InChI=1S/C20H21N3O2S/c1-11-7-12(2)9-15(8-11)19(24)21-16-10-17(26-13(16)3)18-22-20(25-23-18)14-5-4-6-14/h7-10,14H,4-6H2,1-3H3,(H,21,24). The molecule has 134 valence electrons. The highest BCUT2D eigenvalue weighted by molar-refractivity contribution is 7.16. The van der Waals surface area contributed by atoms with Crippen LogP contribution in [0.4, 0.5) is 5.69 Å². The van der Waals surface area contributed by atoms with E-state index in [4.69, 9.17) is 4.52 Å². The predicted molar refractivity (Wildman–Crippen MR) is 103 cm³/mol. The van der Waals surface area contributed by atoms with Crippen molar-refractivity contribution < 1.29 is 9.32 Å². The number of carbonyl (C=O) groups excluding carboxylic acids is 1. The van der Waals surface area contributed by atoms with Crippen LogP contribution in [-0.2, 0) is 0 Å². The topological polar surface area (TPSA) is 68.0 Å². The van der Waals surface area contributed by atoms with Crippen LogP contribution in [0, 0.1) is 20.8 Å². The van der Waals surface area contributed by atoms with Crippen LogP contribution in [0.2, 0.25) is 0 Å². The number of benzene rings is 1. The third kappa shape index (κ3) is 3.29. The Labute approximate surface area is 156 Å². The van der Waals surface area contributed by atoms with Crippen LogP contribution in [0.1, 0.15) is 57.4 Å². The van der Waals surface area contributed by atoms with Gasteiger partial charge in [-0.2, -0.15) is 4.98 Å². The van der Waals surface area contributed by atoms with Crippen molar-refractivity contribution >= 4 is 22.9 Å². The molecule has 6 heteroatoms. The first-order valence-corrected chi connectivity index (χ1v) is 9.65. The van der Waals surface area contributed by atoms with Gasteiger partial charge in [0.1, 0.15) is 0 Å². The van der Waals surface area contributed by atoms with E-state index in [1.807, 2.05) is 39.0 Å². The van der Waals surface area contributed by atoms with E-state index in [0.29, 0.717) is 17.3 Å². The van der Waals surface area contributed by atoms with Gasteiger partial charge in [0.05, 0.1) is 10.6 Å². The van der Waals surface area contributed by atoms with Gasteiger partial charge in [-0.15, -0.1) is 11.3 Å². The van der Waals surface area contributed by atoms with Crippen LogP contribution >= 0.6 is 11.3 Å². The highest BCUT2D eigenvalue weighted by Crippen LogP contribution is 2.38. The number of aromatic nitrogens is 2. The van der Waals surface area contributed by atoms with E-state index >= 15 is 0 Å². The number of nitrogens with zero attached hydrogens (tertiary/aromatic N) is 2. The minimum absolute atomic E-state index is 0.104. The van der Waals surface area contributed by atoms with Gasteiger partial charge in [0.25, 0.3) is 5.91 Å². The maximum Gasteiger partial charge on any atom is 0.255 e. The number of nitrogens with one attached hydrogen (secondary N) is 1. The molecule has 1 aliphatic rings. The lowest BCUT2D eigenvalue weighted by Gasteiger charge is -2.20. The number of hydrogen-bond acceptors (Lipinski definition) is 5. The molecule has 0 radical (unpaired) electrons. The van der Waals surface area contributed by atoms with Crippen molar-refractivity contribution in [3.8, 4) is 10.7 Å². The predicted octanol–water partition coefficient (Wildman–Crippen LogP) is 5.24. The number of thiophene rings is 1. The van der Waals surface area contributed by atoms with Gasteiger partial charge in [0.2, 0.25) is 11.7 Å². The Balaban J connectivity index is 1.54. The SMILES string of the molecule is Cc1cc(C)cc(C(=O)Nc2cc(-c3noc(C4CCC4)n3)sc2C)c1. The van der Waals surface area contributed by atoms with Crippen LogP contribution in [0.5, 0.6) is 0 Å². The molecule has 2 aromatic heterocycles. The van der Waals surface area contributed by atoms with Crippen LogP contribution < -0.4 is 5.32 Å². The fraction of sp³-hybridized carbons (Fsp3) is 0.350. The van der Waals surface area contributed by atoms with Gasteiger partial charge < -0.3 is 9.84 Å². The minimum atomic E-state index is -0.104. The van der Waals surface area contributed by atoms with E-state index in [0.717, 1.165) is 45.3 Å². The van der Waals surface area contributed by atoms with E-state index in [1.165, 1.54) is 6.42 Å². The Bertz CT molecular complexity index is 949. The number of hydrogen-bond donors (Lipinski definition) is 1. The Kier molecular flexibility index (Phi) is 4.36. The average molecular weight is 367 g/mol. The Morgan fingerprint density at radius 2 is 1.88 bits per heavy atom. The molecule has 4 rings (SSSR count). The minimum Gasteiger partial charge on any atom is -0.339 e. The molecule has 3 aromatic rings. The van der Waals surface area contributed by atoms with Crippen molar-refractivity contribution in [1.82, 2.24) is 10.1 Å². The van der Waals surface area contributed by atoms with E-state index in [2.05, 4.69) is 21.5 Å². The lowest BCUT2D eigenvalue weighted by atomic mass is 9.85. The van der Waals surface area contributed by atoms with Crippen LogP contribution in [0.25, 0.3) is 10.7 Å². The molecular weight excluding hydrogens is 346 g/mol. The summed E-state index contributed by atoms with van der Waals surface area (Å²) in [6, 6.07) is 7.78. The van der Waals surface area contributed by atoms with E-state index in [1.54, 1.807) is 11.3 Å². The number of carbonyl (C=O) groups is 1. The van der Waals surface area contributed by atoms with E-state index < -0.39 is 0 Å². The zero-order chi connectivity index (χ0) is 18.3. The monoisotopic (exact) mass is 367 g/mol. The molecule has 0 atom stereocenters. The second-order valence-electron chi connectivity index (χ2n) is 7.00. The number of aryl methyl sites for hydroxylation is 3. The highest BCUT2D eigenvalue weighted by Gasteiger charge is 2.26. The van der Waals surface area contributed by atoms with Crippen molar-refractivity contribution in [3.63, 3.8) is 0 Å². The van der Waals surface area contributed by atoms with E-state index in [-0.39, 0.29) is 5.91 Å². The quantitative estimate of drug-likeness (QED) is 0.684. The number of amides is 1. The maximum absolute atomic E-state index is 12.6. The molecule has 0 aliphatic heterocycles. The molecule has 0 saturated heterocycles. The molecule has 0 spiro atoms. The van der Waals surface area contributed by atoms with Gasteiger partial charge in [-0.1, -0.05) is 28.8 Å². The molecule has 1 aromatic carbocycles. The Hall–Kier alpha value is -2.47. The molecule has 1 amide bonds. The van der Waals surface area contributed by atoms with Crippen LogP contribution in [0.15, 0.2) is 28.8 Å². The summed E-state index contributed by atoms with van der Waals surface area (Å²) in [6.45, 7) is 5.97. The lowest BCUT2D eigenvalue weighted by Crippen LogP contribution is -2.12. The summed E-state index contributed by atoms with van der Waals surface area (Å²) in [7, 11) is 0. The summed E-state index contributed by atoms with van der Waals surface area (Å²) < 4.78 is 5.41. The fourth-order valence-corrected chi connectivity index (χ4v) is 4.07. The molecular formula is C20H21N3O2S. The van der Waals surface area contributed by atoms with Gasteiger partial charge in [-0.05, 0) is 51.8 Å². The third-order valence-electron chi connectivity index (χ3n) is 4.77. The molecule has 1 N–H and O–H groups in total. The van der Waals surface area contributed by atoms with Gasteiger partial charge in [0, 0.05) is 16.4 Å². The van der Waals surface area contributed by atoms with Crippen LogP contribution in [0.3, 0.4) is 0 Å². The number of rotatable bonds is 4. The molecule has 2 heterocycles. The summed E-state index contributed by atoms with van der Waals surface area (Å²) in [6.07, 6.45) is 3.49. The molecule has 26 heavy (non-hydrogen) atoms. The van der Waals surface area contributed by atoms with Crippen molar-refractivity contribution in [2.24, 2.45) is 0 Å². The van der Waals surface area contributed by atoms with Gasteiger partial charge in [0.15, 0.2) is 0 Å². The first-order valence-electron chi connectivity index (χ1n) is 8.83. The first kappa shape index (κ1) is 17.0.